The van der Waals surface area contributed by atoms with Gasteiger partial charge in [-0.2, -0.15) is 0 Å². The SMILES string of the molecule is CN(C)CCOc1cccc(CN(C)C2CC2)c1. The molecule has 1 aromatic rings. The van der Waals surface area contributed by atoms with Crippen molar-refractivity contribution in [1.29, 1.82) is 0 Å². The fourth-order valence-electron chi connectivity index (χ4n) is 2.01. The van der Waals surface area contributed by atoms with Crippen LogP contribution in [-0.4, -0.2) is 50.1 Å². The van der Waals surface area contributed by atoms with Crippen molar-refractivity contribution in [3.05, 3.63) is 29.8 Å². The van der Waals surface area contributed by atoms with Crippen LogP contribution in [0, 0.1) is 0 Å². The molecule has 0 spiro atoms. The molecule has 1 aliphatic carbocycles. The molecule has 1 saturated carbocycles. The molecule has 3 nitrogen and oxygen atoms in total. The van der Waals surface area contributed by atoms with E-state index in [2.05, 4.69) is 49.1 Å². The number of nitrogens with zero attached hydrogens (tertiary/aromatic N) is 2. The van der Waals surface area contributed by atoms with Gasteiger partial charge in [-0.1, -0.05) is 12.1 Å². The van der Waals surface area contributed by atoms with E-state index in [0.717, 1.165) is 31.5 Å². The van der Waals surface area contributed by atoms with Crippen LogP contribution in [0.5, 0.6) is 5.75 Å². The molecular formula is C15H24N2O. The van der Waals surface area contributed by atoms with E-state index in [-0.39, 0.29) is 0 Å². The minimum Gasteiger partial charge on any atom is -0.492 e. The summed E-state index contributed by atoms with van der Waals surface area (Å²) in [5, 5.41) is 0. The van der Waals surface area contributed by atoms with Gasteiger partial charge >= 0.3 is 0 Å². The lowest BCUT2D eigenvalue weighted by molar-refractivity contribution is 0.260. The molecule has 0 aromatic heterocycles. The van der Waals surface area contributed by atoms with E-state index in [4.69, 9.17) is 4.74 Å². The monoisotopic (exact) mass is 248 g/mol. The average Bonchev–Trinajstić information content (AvgIpc) is 3.12. The summed E-state index contributed by atoms with van der Waals surface area (Å²) in [4.78, 5) is 4.56. The molecule has 18 heavy (non-hydrogen) atoms. The Balaban J connectivity index is 1.84. The first-order valence-electron chi connectivity index (χ1n) is 6.72. The Labute approximate surface area is 110 Å². The third-order valence-corrected chi connectivity index (χ3v) is 3.31. The van der Waals surface area contributed by atoms with Gasteiger partial charge in [-0.3, -0.25) is 4.90 Å². The summed E-state index contributed by atoms with van der Waals surface area (Å²) in [6.07, 6.45) is 2.71. The highest BCUT2D eigenvalue weighted by atomic mass is 16.5. The molecule has 1 aliphatic rings. The van der Waals surface area contributed by atoms with Gasteiger partial charge in [0.25, 0.3) is 0 Å². The molecule has 0 saturated heterocycles. The number of rotatable bonds is 7. The van der Waals surface area contributed by atoms with E-state index in [1.54, 1.807) is 0 Å². The summed E-state index contributed by atoms with van der Waals surface area (Å²) in [6.45, 7) is 2.72. The lowest BCUT2D eigenvalue weighted by Gasteiger charge is -2.16. The highest BCUT2D eigenvalue weighted by Gasteiger charge is 2.25. The summed E-state index contributed by atoms with van der Waals surface area (Å²) < 4.78 is 5.75. The van der Waals surface area contributed by atoms with Gasteiger partial charge in [0.2, 0.25) is 0 Å². The predicted octanol–water partition coefficient (Wildman–Crippen LogP) is 2.22. The van der Waals surface area contributed by atoms with E-state index in [0.29, 0.717) is 0 Å². The number of benzene rings is 1. The van der Waals surface area contributed by atoms with Crippen LogP contribution in [0.2, 0.25) is 0 Å². The zero-order valence-corrected chi connectivity index (χ0v) is 11.7. The van der Waals surface area contributed by atoms with Crippen molar-refractivity contribution in [1.82, 2.24) is 9.80 Å². The molecule has 0 amide bonds. The molecular weight excluding hydrogens is 224 g/mol. The van der Waals surface area contributed by atoms with Gasteiger partial charge in [-0.15, -0.1) is 0 Å². The molecule has 0 heterocycles. The fourth-order valence-corrected chi connectivity index (χ4v) is 2.01. The Morgan fingerprint density at radius 1 is 1.22 bits per heavy atom. The van der Waals surface area contributed by atoms with Gasteiger partial charge in [-0.05, 0) is 51.7 Å². The third kappa shape index (κ3) is 4.31. The van der Waals surface area contributed by atoms with Crippen molar-refractivity contribution < 1.29 is 4.74 Å². The van der Waals surface area contributed by atoms with E-state index < -0.39 is 0 Å². The first kappa shape index (κ1) is 13.4. The molecule has 1 fully saturated rings. The second-order valence-corrected chi connectivity index (χ2v) is 5.45. The van der Waals surface area contributed by atoms with Crippen LogP contribution in [-0.2, 0) is 6.54 Å². The molecule has 0 N–H and O–H groups in total. The highest BCUT2D eigenvalue weighted by molar-refractivity contribution is 5.28. The average molecular weight is 248 g/mol. The van der Waals surface area contributed by atoms with Gasteiger partial charge in [0.15, 0.2) is 0 Å². The minimum atomic E-state index is 0.745. The topological polar surface area (TPSA) is 15.7 Å². The van der Waals surface area contributed by atoms with Gasteiger partial charge in [-0.25, -0.2) is 0 Å². The Morgan fingerprint density at radius 2 is 2.00 bits per heavy atom. The maximum atomic E-state index is 5.75. The summed E-state index contributed by atoms with van der Waals surface area (Å²) in [6, 6.07) is 9.27. The molecule has 0 atom stereocenters. The van der Waals surface area contributed by atoms with Crippen LogP contribution in [0.15, 0.2) is 24.3 Å². The Kier molecular flexibility index (Phi) is 4.61. The van der Waals surface area contributed by atoms with Crippen LogP contribution in [0.4, 0.5) is 0 Å². The lowest BCUT2D eigenvalue weighted by Crippen LogP contribution is -2.20. The Bertz CT molecular complexity index is 375. The lowest BCUT2D eigenvalue weighted by atomic mass is 10.2. The first-order valence-corrected chi connectivity index (χ1v) is 6.72. The quantitative estimate of drug-likeness (QED) is 0.736. The van der Waals surface area contributed by atoms with Crippen molar-refractivity contribution in [2.45, 2.75) is 25.4 Å². The molecule has 1 aromatic carbocycles. The largest absolute Gasteiger partial charge is 0.492 e. The van der Waals surface area contributed by atoms with Crippen molar-refractivity contribution >= 4 is 0 Å². The molecule has 0 unspecified atom stereocenters. The van der Waals surface area contributed by atoms with Crippen LogP contribution < -0.4 is 4.74 Å². The van der Waals surface area contributed by atoms with Crippen LogP contribution in [0.1, 0.15) is 18.4 Å². The maximum absolute atomic E-state index is 5.75. The number of hydrogen-bond acceptors (Lipinski definition) is 3. The normalized spacial score (nSPS) is 15.4. The van der Waals surface area contributed by atoms with Crippen molar-refractivity contribution in [2.24, 2.45) is 0 Å². The second-order valence-electron chi connectivity index (χ2n) is 5.45. The van der Waals surface area contributed by atoms with E-state index in [1.807, 2.05) is 6.07 Å². The zero-order chi connectivity index (χ0) is 13.0. The number of likely N-dealkylation sites (N-methyl/N-ethyl adjacent to an activating group) is 1. The third-order valence-electron chi connectivity index (χ3n) is 3.31. The minimum absolute atomic E-state index is 0.745. The summed E-state index contributed by atoms with van der Waals surface area (Å²) in [7, 11) is 6.33. The predicted molar refractivity (Wildman–Crippen MR) is 75.0 cm³/mol. The van der Waals surface area contributed by atoms with Crippen LogP contribution in [0.3, 0.4) is 0 Å². The van der Waals surface area contributed by atoms with Gasteiger partial charge in [0, 0.05) is 19.1 Å². The Morgan fingerprint density at radius 3 is 2.67 bits per heavy atom. The number of ether oxygens (including phenoxy) is 1. The van der Waals surface area contributed by atoms with E-state index in [9.17, 15) is 0 Å². The van der Waals surface area contributed by atoms with Crippen molar-refractivity contribution in [2.75, 3.05) is 34.3 Å². The van der Waals surface area contributed by atoms with Crippen LogP contribution >= 0.6 is 0 Å². The molecule has 0 bridgehead atoms. The molecule has 2 rings (SSSR count). The fraction of sp³-hybridized carbons (Fsp3) is 0.600. The summed E-state index contributed by atoms with van der Waals surface area (Å²) in [5.74, 6) is 0.985. The molecule has 0 radical (unpaired) electrons. The molecule has 100 valence electrons. The van der Waals surface area contributed by atoms with E-state index in [1.165, 1.54) is 18.4 Å². The van der Waals surface area contributed by atoms with Crippen molar-refractivity contribution in [3.8, 4) is 5.75 Å². The summed E-state index contributed by atoms with van der Waals surface area (Å²) >= 11 is 0. The molecule has 0 aliphatic heterocycles. The second kappa shape index (κ2) is 6.21. The maximum Gasteiger partial charge on any atom is 0.119 e. The first-order chi connectivity index (χ1) is 8.65. The van der Waals surface area contributed by atoms with Crippen LogP contribution in [0.25, 0.3) is 0 Å². The van der Waals surface area contributed by atoms with Crippen molar-refractivity contribution in [3.63, 3.8) is 0 Å². The zero-order valence-electron chi connectivity index (χ0n) is 11.7. The van der Waals surface area contributed by atoms with Gasteiger partial charge < -0.3 is 9.64 Å². The summed E-state index contributed by atoms with van der Waals surface area (Å²) in [5.41, 5.74) is 1.34. The smallest absolute Gasteiger partial charge is 0.119 e. The highest BCUT2D eigenvalue weighted by Crippen LogP contribution is 2.27. The number of hydrogen-bond donors (Lipinski definition) is 0. The standard InChI is InChI=1S/C15H24N2O/c1-16(2)9-10-18-15-6-4-5-13(11-15)12-17(3)14-7-8-14/h4-6,11,14H,7-10,12H2,1-3H3. The Hall–Kier alpha value is -1.06. The van der Waals surface area contributed by atoms with Gasteiger partial charge in [0.1, 0.15) is 12.4 Å². The van der Waals surface area contributed by atoms with E-state index >= 15 is 0 Å². The van der Waals surface area contributed by atoms with Gasteiger partial charge in [0.05, 0.1) is 0 Å². The molecule has 3 heteroatoms.